The second-order valence-electron chi connectivity index (χ2n) is 6.36. The van der Waals surface area contributed by atoms with Gasteiger partial charge in [-0.05, 0) is 43.9 Å². The number of nitrogens with two attached hydrogens (primary N) is 1. The molecule has 2 heterocycles. The molecule has 0 radical (unpaired) electrons. The van der Waals surface area contributed by atoms with E-state index >= 15 is 0 Å². The summed E-state index contributed by atoms with van der Waals surface area (Å²) in [5.74, 6) is -0.203. The van der Waals surface area contributed by atoms with Crippen molar-refractivity contribution in [3.05, 3.63) is 29.3 Å². The highest BCUT2D eigenvalue weighted by atomic mass is 32.2. The molecule has 1 amide bonds. The highest BCUT2D eigenvalue weighted by molar-refractivity contribution is 7.89. The number of hydrogen-bond acceptors (Lipinski definition) is 4. The summed E-state index contributed by atoms with van der Waals surface area (Å²) in [6.45, 7) is 2.92. The number of sulfonamides is 1. The number of rotatable bonds is 3. The van der Waals surface area contributed by atoms with Crippen molar-refractivity contribution >= 4 is 15.9 Å². The van der Waals surface area contributed by atoms with Crippen LogP contribution in [0.1, 0.15) is 42.1 Å². The van der Waals surface area contributed by atoms with E-state index in [1.54, 1.807) is 12.1 Å². The molecule has 2 aliphatic heterocycles. The third kappa shape index (κ3) is 3.00. The van der Waals surface area contributed by atoms with Crippen molar-refractivity contribution in [3.8, 4) is 0 Å². The Morgan fingerprint density at radius 2 is 2.13 bits per heavy atom. The molecule has 2 aliphatic rings. The van der Waals surface area contributed by atoms with Gasteiger partial charge >= 0.3 is 0 Å². The maximum absolute atomic E-state index is 13.0. The molecule has 1 fully saturated rings. The first-order chi connectivity index (χ1) is 10.9. The normalized spacial score (nSPS) is 23.9. The summed E-state index contributed by atoms with van der Waals surface area (Å²) in [5, 5.41) is 2.76. The van der Waals surface area contributed by atoms with Crippen molar-refractivity contribution in [1.29, 1.82) is 0 Å². The van der Waals surface area contributed by atoms with Crippen LogP contribution >= 0.6 is 0 Å². The van der Waals surface area contributed by atoms with Gasteiger partial charge < -0.3 is 11.1 Å². The molecule has 23 heavy (non-hydrogen) atoms. The number of hydrogen-bond donors (Lipinski definition) is 2. The van der Waals surface area contributed by atoms with Crippen molar-refractivity contribution in [2.75, 3.05) is 13.1 Å². The average molecular weight is 337 g/mol. The van der Waals surface area contributed by atoms with Crippen molar-refractivity contribution in [1.82, 2.24) is 9.62 Å². The van der Waals surface area contributed by atoms with Gasteiger partial charge in [0.05, 0.1) is 4.90 Å². The molecular formula is C16H23N3O3S. The maximum atomic E-state index is 13.0. The van der Waals surface area contributed by atoms with Gasteiger partial charge in [-0.15, -0.1) is 0 Å². The van der Waals surface area contributed by atoms with Gasteiger partial charge in [0.2, 0.25) is 10.0 Å². The van der Waals surface area contributed by atoms with E-state index in [2.05, 4.69) is 5.32 Å². The second-order valence-corrected chi connectivity index (χ2v) is 8.25. The average Bonchev–Trinajstić information content (AvgIpc) is 2.55. The Labute approximate surface area is 137 Å². The number of piperidine rings is 1. The Hall–Kier alpha value is -1.44. The van der Waals surface area contributed by atoms with Gasteiger partial charge in [-0.1, -0.05) is 12.5 Å². The Bertz CT molecular complexity index is 715. The predicted molar refractivity (Wildman–Crippen MR) is 87.7 cm³/mol. The van der Waals surface area contributed by atoms with E-state index in [-0.39, 0.29) is 22.9 Å². The zero-order valence-corrected chi connectivity index (χ0v) is 14.1. The number of amides is 1. The van der Waals surface area contributed by atoms with Crippen LogP contribution in [0, 0.1) is 0 Å². The fraction of sp³-hybridized carbons (Fsp3) is 0.562. The molecule has 1 aromatic rings. The largest absolute Gasteiger partial charge is 0.352 e. The summed E-state index contributed by atoms with van der Waals surface area (Å²) >= 11 is 0. The third-order valence-corrected chi connectivity index (χ3v) is 6.64. The van der Waals surface area contributed by atoms with Crippen molar-refractivity contribution < 1.29 is 13.2 Å². The van der Waals surface area contributed by atoms with Gasteiger partial charge in [-0.2, -0.15) is 4.31 Å². The van der Waals surface area contributed by atoms with Crippen LogP contribution in [-0.2, 0) is 16.4 Å². The van der Waals surface area contributed by atoms with E-state index in [1.807, 2.05) is 6.92 Å². The lowest BCUT2D eigenvalue weighted by Gasteiger charge is -2.37. The molecule has 0 aliphatic carbocycles. The molecule has 3 N–H and O–H groups in total. The first kappa shape index (κ1) is 16.4. The molecule has 0 bridgehead atoms. The number of benzene rings is 1. The summed E-state index contributed by atoms with van der Waals surface area (Å²) in [6.07, 6.45) is 3.34. The molecule has 1 aromatic carbocycles. The lowest BCUT2D eigenvalue weighted by Crippen LogP contribution is -2.51. The Morgan fingerprint density at radius 3 is 2.87 bits per heavy atom. The summed E-state index contributed by atoms with van der Waals surface area (Å²) in [7, 11) is -3.64. The van der Waals surface area contributed by atoms with E-state index in [0.717, 1.165) is 31.2 Å². The van der Waals surface area contributed by atoms with E-state index < -0.39 is 10.0 Å². The number of fused-ring (bicyclic) bond motifs is 1. The summed E-state index contributed by atoms with van der Waals surface area (Å²) in [4.78, 5) is 12.2. The number of nitrogens with zero attached hydrogens (tertiary/aromatic N) is 1. The predicted octanol–water partition coefficient (Wildman–Crippen LogP) is 0.863. The van der Waals surface area contributed by atoms with Crippen LogP contribution in [0.4, 0.5) is 0 Å². The molecular weight excluding hydrogens is 314 g/mol. The maximum Gasteiger partial charge on any atom is 0.251 e. The van der Waals surface area contributed by atoms with E-state index in [9.17, 15) is 13.2 Å². The van der Waals surface area contributed by atoms with Gasteiger partial charge in [-0.3, -0.25) is 4.79 Å². The highest BCUT2D eigenvalue weighted by Gasteiger charge is 2.35. The van der Waals surface area contributed by atoms with Crippen LogP contribution in [-0.4, -0.2) is 43.8 Å². The van der Waals surface area contributed by atoms with Gasteiger partial charge in [0.15, 0.2) is 0 Å². The minimum atomic E-state index is -3.64. The molecule has 7 heteroatoms. The smallest absolute Gasteiger partial charge is 0.251 e. The molecule has 0 aromatic heterocycles. The first-order valence-electron chi connectivity index (χ1n) is 8.10. The van der Waals surface area contributed by atoms with Gasteiger partial charge in [-0.25, -0.2) is 8.42 Å². The van der Waals surface area contributed by atoms with Crippen LogP contribution in [0.15, 0.2) is 23.1 Å². The molecule has 126 valence electrons. The Kier molecular flexibility index (Phi) is 4.44. The van der Waals surface area contributed by atoms with Crippen molar-refractivity contribution in [3.63, 3.8) is 0 Å². The highest BCUT2D eigenvalue weighted by Crippen LogP contribution is 2.28. The van der Waals surface area contributed by atoms with Crippen LogP contribution in [0.2, 0.25) is 0 Å². The van der Waals surface area contributed by atoms with E-state index in [1.165, 1.54) is 10.4 Å². The van der Waals surface area contributed by atoms with Crippen LogP contribution in [0.25, 0.3) is 0 Å². The summed E-state index contributed by atoms with van der Waals surface area (Å²) < 4.78 is 27.6. The first-order valence-corrected chi connectivity index (χ1v) is 9.54. The van der Waals surface area contributed by atoms with Crippen LogP contribution < -0.4 is 11.1 Å². The number of carbonyl (C=O) groups excluding carboxylic acids is 1. The van der Waals surface area contributed by atoms with Gasteiger partial charge in [0, 0.05) is 30.7 Å². The van der Waals surface area contributed by atoms with Crippen LogP contribution in [0.3, 0.4) is 0 Å². The zero-order valence-electron chi connectivity index (χ0n) is 13.3. The summed E-state index contributed by atoms with van der Waals surface area (Å²) in [6, 6.07) is 4.47. The Morgan fingerprint density at radius 1 is 1.35 bits per heavy atom. The van der Waals surface area contributed by atoms with Crippen LogP contribution in [0.5, 0.6) is 0 Å². The standard InChI is InChI=1S/C16H23N3O3S/c1-11(17)15-4-2-3-9-19(15)23(21,22)13-6-5-12-7-8-18-16(20)14(12)10-13/h5-6,10-11,15H,2-4,7-9,17H2,1H3,(H,18,20)/t11-,15+/m0/s1. The molecule has 3 rings (SSSR count). The molecule has 0 spiro atoms. The number of carbonyl (C=O) groups is 1. The van der Waals surface area contributed by atoms with Gasteiger partial charge in [0.1, 0.15) is 0 Å². The second kappa shape index (κ2) is 6.22. The Balaban J connectivity index is 1.99. The topological polar surface area (TPSA) is 92.5 Å². The lowest BCUT2D eigenvalue weighted by molar-refractivity contribution is 0.0945. The van der Waals surface area contributed by atoms with Crippen molar-refractivity contribution in [2.45, 2.75) is 49.6 Å². The SMILES string of the molecule is C[C@H](N)[C@H]1CCCCN1S(=O)(=O)c1ccc2c(c1)C(=O)NCC2. The lowest BCUT2D eigenvalue weighted by atomic mass is 10.00. The summed E-state index contributed by atoms with van der Waals surface area (Å²) in [5.41, 5.74) is 7.36. The minimum absolute atomic E-state index is 0.181. The quantitative estimate of drug-likeness (QED) is 0.856. The number of nitrogens with one attached hydrogen (secondary N) is 1. The monoisotopic (exact) mass is 337 g/mol. The molecule has 1 saturated heterocycles. The fourth-order valence-electron chi connectivity index (χ4n) is 3.44. The van der Waals surface area contributed by atoms with Gasteiger partial charge in [0.25, 0.3) is 5.91 Å². The minimum Gasteiger partial charge on any atom is -0.352 e. The molecule has 6 nitrogen and oxygen atoms in total. The third-order valence-electron chi connectivity index (χ3n) is 4.72. The molecule has 0 unspecified atom stereocenters. The van der Waals surface area contributed by atoms with E-state index in [0.29, 0.717) is 18.7 Å². The van der Waals surface area contributed by atoms with E-state index in [4.69, 9.17) is 5.73 Å². The van der Waals surface area contributed by atoms with Crippen molar-refractivity contribution in [2.24, 2.45) is 5.73 Å². The molecule has 0 saturated carbocycles. The molecule has 2 atom stereocenters. The zero-order chi connectivity index (χ0) is 16.6. The fourth-order valence-corrected chi connectivity index (χ4v) is 5.24.